The molecule has 3 rings (SSSR count). The first-order valence-corrected chi connectivity index (χ1v) is 10.2. The highest BCUT2D eigenvalue weighted by Crippen LogP contribution is 2.17. The molecule has 3 N–H and O–H groups in total. The molecule has 0 aromatic heterocycles. The van der Waals surface area contributed by atoms with Gasteiger partial charge < -0.3 is 10.4 Å². The summed E-state index contributed by atoms with van der Waals surface area (Å²) in [5.74, 6) is -0.299. The molecule has 3 aromatic rings. The lowest BCUT2D eigenvalue weighted by molar-refractivity contribution is 0.102. The van der Waals surface area contributed by atoms with Gasteiger partial charge in [-0.25, -0.2) is 8.42 Å². The molecule has 0 heterocycles. The Morgan fingerprint density at radius 2 is 1.43 bits per heavy atom. The molecule has 6 nitrogen and oxygen atoms in total. The van der Waals surface area contributed by atoms with Gasteiger partial charge in [0, 0.05) is 23.5 Å². The van der Waals surface area contributed by atoms with Crippen LogP contribution in [0.1, 0.15) is 15.9 Å². The standard InChI is InChI=1S/C21H20N2O4S/c24-15-14-16-6-10-18(11-7-16)22-21(25)17-8-12-19(13-9-17)23-28(26,27)20-4-2-1-3-5-20/h1-13,23-24H,14-15H2,(H,22,25). The third-order valence-electron chi connectivity index (χ3n) is 4.07. The monoisotopic (exact) mass is 396 g/mol. The van der Waals surface area contributed by atoms with Crippen LogP contribution in [-0.4, -0.2) is 26.0 Å². The highest BCUT2D eigenvalue weighted by Gasteiger charge is 2.14. The molecule has 28 heavy (non-hydrogen) atoms. The fourth-order valence-corrected chi connectivity index (χ4v) is 3.67. The van der Waals surface area contributed by atoms with Gasteiger partial charge in [-0.2, -0.15) is 0 Å². The van der Waals surface area contributed by atoms with Crippen molar-refractivity contribution in [3.8, 4) is 0 Å². The highest BCUT2D eigenvalue weighted by atomic mass is 32.2. The molecule has 1 amide bonds. The minimum Gasteiger partial charge on any atom is -0.396 e. The van der Waals surface area contributed by atoms with Gasteiger partial charge >= 0.3 is 0 Å². The number of hydrogen-bond acceptors (Lipinski definition) is 4. The number of hydrogen-bond donors (Lipinski definition) is 3. The summed E-state index contributed by atoms with van der Waals surface area (Å²) in [6.45, 7) is 0.0755. The Balaban J connectivity index is 1.66. The number of benzene rings is 3. The summed E-state index contributed by atoms with van der Waals surface area (Å²) >= 11 is 0. The molecular weight excluding hydrogens is 376 g/mol. The van der Waals surface area contributed by atoms with E-state index in [0.29, 0.717) is 23.4 Å². The fourth-order valence-electron chi connectivity index (χ4n) is 2.59. The zero-order chi connectivity index (χ0) is 20.0. The van der Waals surface area contributed by atoms with Crippen molar-refractivity contribution in [3.05, 3.63) is 90.0 Å². The van der Waals surface area contributed by atoms with Gasteiger partial charge in [0.15, 0.2) is 0 Å². The lowest BCUT2D eigenvalue weighted by Crippen LogP contribution is -2.14. The minimum absolute atomic E-state index is 0.0755. The summed E-state index contributed by atoms with van der Waals surface area (Å²) in [6.07, 6.45) is 0.564. The summed E-state index contributed by atoms with van der Waals surface area (Å²) in [4.78, 5) is 12.5. The Bertz CT molecular complexity index is 1030. The second-order valence-electron chi connectivity index (χ2n) is 6.12. The van der Waals surface area contributed by atoms with Gasteiger partial charge in [-0.3, -0.25) is 9.52 Å². The highest BCUT2D eigenvalue weighted by molar-refractivity contribution is 7.92. The first kappa shape index (κ1) is 19.6. The molecule has 3 aromatic carbocycles. The number of aliphatic hydroxyl groups is 1. The van der Waals surface area contributed by atoms with Crippen LogP contribution >= 0.6 is 0 Å². The van der Waals surface area contributed by atoms with E-state index in [0.717, 1.165) is 5.56 Å². The number of carbonyl (C=O) groups is 1. The summed E-state index contributed by atoms with van der Waals surface area (Å²) in [5.41, 5.74) is 2.40. The molecule has 0 unspecified atom stereocenters. The summed E-state index contributed by atoms with van der Waals surface area (Å²) < 4.78 is 27.1. The van der Waals surface area contributed by atoms with Gasteiger partial charge in [0.25, 0.3) is 15.9 Å². The van der Waals surface area contributed by atoms with E-state index in [9.17, 15) is 13.2 Å². The van der Waals surface area contributed by atoms with Crippen molar-refractivity contribution in [2.45, 2.75) is 11.3 Å². The van der Waals surface area contributed by atoms with Gasteiger partial charge in [-0.1, -0.05) is 30.3 Å². The Labute approximate surface area is 163 Å². The van der Waals surface area contributed by atoms with Crippen molar-refractivity contribution in [2.75, 3.05) is 16.6 Å². The number of nitrogens with one attached hydrogen (secondary N) is 2. The van der Waals surface area contributed by atoms with Gasteiger partial charge in [-0.15, -0.1) is 0 Å². The maximum atomic E-state index is 12.4. The van der Waals surface area contributed by atoms with Crippen LogP contribution in [0.2, 0.25) is 0 Å². The molecule has 0 aliphatic carbocycles. The van der Waals surface area contributed by atoms with E-state index in [1.54, 1.807) is 54.6 Å². The van der Waals surface area contributed by atoms with Gasteiger partial charge in [0.1, 0.15) is 0 Å². The van der Waals surface area contributed by atoms with Crippen molar-refractivity contribution in [1.82, 2.24) is 0 Å². The molecule has 0 saturated heterocycles. The van der Waals surface area contributed by atoms with Crippen LogP contribution in [0.25, 0.3) is 0 Å². The van der Waals surface area contributed by atoms with Crippen LogP contribution in [0.4, 0.5) is 11.4 Å². The van der Waals surface area contributed by atoms with Crippen LogP contribution in [-0.2, 0) is 16.4 Å². The Hall–Kier alpha value is -3.16. The first-order chi connectivity index (χ1) is 13.5. The minimum atomic E-state index is -3.67. The third-order valence-corrected chi connectivity index (χ3v) is 5.46. The number of amides is 1. The normalized spacial score (nSPS) is 11.0. The third kappa shape index (κ3) is 4.97. The summed E-state index contributed by atoms with van der Waals surface area (Å²) in [7, 11) is -3.67. The van der Waals surface area contributed by atoms with Gasteiger partial charge in [-0.05, 0) is 60.5 Å². The van der Waals surface area contributed by atoms with Gasteiger partial charge in [0.05, 0.1) is 4.90 Å². The second kappa shape index (κ2) is 8.69. The first-order valence-electron chi connectivity index (χ1n) is 8.67. The lowest BCUT2D eigenvalue weighted by atomic mass is 10.1. The SMILES string of the molecule is O=C(Nc1ccc(CCO)cc1)c1ccc(NS(=O)(=O)c2ccccc2)cc1. The predicted molar refractivity (Wildman–Crippen MR) is 109 cm³/mol. The van der Waals surface area contributed by atoms with Crippen LogP contribution in [0, 0.1) is 0 Å². The lowest BCUT2D eigenvalue weighted by Gasteiger charge is -2.09. The van der Waals surface area contributed by atoms with E-state index in [1.807, 2.05) is 12.1 Å². The molecule has 0 atom stereocenters. The molecule has 0 saturated carbocycles. The van der Waals surface area contributed by atoms with E-state index in [4.69, 9.17) is 5.11 Å². The topological polar surface area (TPSA) is 95.5 Å². The van der Waals surface area contributed by atoms with Crippen LogP contribution in [0.5, 0.6) is 0 Å². The van der Waals surface area contributed by atoms with E-state index in [1.165, 1.54) is 12.1 Å². The molecular formula is C21H20N2O4S. The van der Waals surface area contributed by atoms with E-state index in [-0.39, 0.29) is 17.4 Å². The number of aliphatic hydroxyl groups excluding tert-OH is 1. The van der Waals surface area contributed by atoms with Crippen molar-refractivity contribution in [1.29, 1.82) is 0 Å². The average molecular weight is 396 g/mol. The van der Waals surface area contributed by atoms with E-state index < -0.39 is 10.0 Å². The maximum Gasteiger partial charge on any atom is 0.261 e. The van der Waals surface area contributed by atoms with E-state index >= 15 is 0 Å². The molecule has 144 valence electrons. The smallest absolute Gasteiger partial charge is 0.261 e. The molecule has 0 radical (unpaired) electrons. The largest absolute Gasteiger partial charge is 0.396 e. The Morgan fingerprint density at radius 3 is 2.04 bits per heavy atom. The number of carbonyl (C=O) groups excluding carboxylic acids is 1. The quantitative estimate of drug-likeness (QED) is 0.571. The molecule has 0 aliphatic heterocycles. The van der Waals surface area contributed by atoms with Crippen LogP contribution in [0.15, 0.2) is 83.8 Å². The van der Waals surface area contributed by atoms with Crippen molar-refractivity contribution < 1.29 is 18.3 Å². The van der Waals surface area contributed by atoms with Crippen molar-refractivity contribution >= 4 is 27.3 Å². The molecule has 0 aliphatic rings. The van der Waals surface area contributed by atoms with Crippen LogP contribution < -0.4 is 10.0 Å². The molecule has 0 bridgehead atoms. The molecule has 7 heteroatoms. The van der Waals surface area contributed by atoms with Crippen molar-refractivity contribution in [2.24, 2.45) is 0 Å². The second-order valence-corrected chi connectivity index (χ2v) is 7.80. The Kier molecular flexibility index (Phi) is 6.08. The zero-order valence-corrected chi connectivity index (χ0v) is 15.8. The van der Waals surface area contributed by atoms with Crippen molar-refractivity contribution in [3.63, 3.8) is 0 Å². The zero-order valence-electron chi connectivity index (χ0n) is 15.0. The fraction of sp³-hybridized carbons (Fsp3) is 0.0952. The van der Waals surface area contributed by atoms with E-state index in [2.05, 4.69) is 10.0 Å². The number of rotatable bonds is 7. The maximum absolute atomic E-state index is 12.4. The molecule has 0 spiro atoms. The average Bonchev–Trinajstić information content (AvgIpc) is 2.70. The van der Waals surface area contributed by atoms with Gasteiger partial charge in [0.2, 0.25) is 0 Å². The predicted octanol–water partition coefficient (Wildman–Crippen LogP) is 3.27. The summed E-state index contributed by atoms with van der Waals surface area (Å²) in [5, 5.41) is 11.7. The van der Waals surface area contributed by atoms with Crippen LogP contribution in [0.3, 0.4) is 0 Å². The number of sulfonamides is 1. The summed E-state index contributed by atoms with van der Waals surface area (Å²) in [6, 6.07) is 21.5. The Morgan fingerprint density at radius 1 is 0.821 bits per heavy atom. The molecule has 0 fully saturated rings. The number of anilines is 2.